The summed E-state index contributed by atoms with van der Waals surface area (Å²) in [5, 5.41) is 12.3. The van der Waals surface area contributed by atoms with Crippen molar-refractivity contribution < 1.29 is 23.8 Å². The minimum absolute atomic E-state index is 0.0373. The quantitative estimate of drug-likeness (QED) is 0.452. The van der Waals surface area contributed by atoms with Gasteiger partial charge in [-0.05, 0) is 37.5 Å². The lowest BCUT2D eigenvalue weighted by atomic mass is 9.96. The maximum atomic E-state index is 12.6. The Balaban J connectivity index is 1.52. The van der Waals surface area contributed by atoms with Crippen LogP contribution in [0.5, 0.6) is 11.5 Å². The number of piperidine rings is 1. The van der Waals surface area contributed by atoms with E-state index in [9.17, 15) is 14.9 Å². The zero-order valence-electron chi connectivity index (χ0n) is 15.8. The standard InChI is InChI=1S/C20H23N3O5/c1-2-26-20(25)15-5-7-23(8-6-15)19(24)16(10-21)12-22-11-14-3-4-17-18(9-14)28-13-27-17/h3-4,9,12,15,22H,2,5-8,11,13H2,1H3/b16-12-. The van der Waals surface area contributed by atoms with E-state index < -0.39 is 0 Å². The van der Waals surface area contributed by atoms with Gasteiger partial charge in [-0.2, -0.15) is 5.26 Å². The molecule has 2 heterocycles. The maximum absolute atomic E-state index is 12.6. The summed E-state index contributed by atoms with van der Waals surface area (Å²) < 4.78 is 15.6. The van der Waals surface area contributed by atoms with Gasteiger partial charge in [-0.1, -0.05) is 6.07 Å². The van der Waals surface area contributed by atoms with E-state index >= 15 is 0 Å². The van der Waals surface area contributed by atoms with Gasteiger partial charge in [0.2, 0.25) is 6.79 Å². The van der Waals surface area contributed by atoms with Crippen molar-refractivity contribution in [2.24, 2.45) is 5.92 Å². The lowest BCUT2D eigenvalue weighted by Gasteiger charge is -2.30. The average Bonchev–Trinajstić information content (AvgIpc) is 3.19. The van der Waals surface area contributed by atoms with Crippen LogP contribution < -0.4 is 14.8 Å². The summed E-state index contributed by atoms with van der Waals surface area (Å²) in [7, 11) is 0. The van der Waals surface area contributed by atoms with E-state index in [1.165, 1.54) is 6.20 Å². The van der Waals surface area contributed by atoms with Crippen LogP contribution in [-0.4, -0.2) is 43.3 Å². The molecule has 0 aromatic heterocycles. The van der Waals surface area contributed by atoms with Crippen LogP contribution in [0, 0.1) is 17.2 Å². The number of carbonyl (C=O) groups excluding carboxylic acids is 2. The number of nitrogens with one attached hydrogen (secondary N) is 1. The Bertz CT molecular complexity index is 807. The smallest absolute Gasteiger partial charge is 0.309 e. The zero-order valence-corrected chi connectivity index (χ0v) is 15.8. The van der Waals surface area contributed by atoms with Crippen LogP contribution in [0.4, 0.5) is 0 Å². The number of amides is 1. The van der Waals surface area contributed by atoms with Gasteiger partial charge in [-0.25, -0.2) is 0 Å². The summed E-state index contributed by atoms with van der Waals surface area (Å²) >= 11 is 0. The first kappa shape index (κ1) is 19.5. The highest BCUT2D eigenvalue weighted by atomic mass is 16.7. The Morgan fingerprint density at radius 3 is 2.79 bits per heavy atom. The number of hydrogen-bond acceptors (Lipinski definition) is 7. The van der Waals surface area contributed by atoms with Crippen molar-refractivity contribution in [3.8, 4) is 17.6 Å². The summed E-state index contributed by atoms with van der Waals surface area (Å²) in [6, 6.07) is 7.53. The predicted molar refractivity (Wildman–Crippen MR) is 99.0 cm³/mol. The van der Waals surface area contributed by atoms with Crippen LogP contribution in [0.3, 0.4) is 0 Å². The number of benzene rings is 1. The fraction of sp³-hybridized carbons (Fsp3) is 0.450. The number of carbonyl (C=O) groups is 2. The molecule has 1 saturated heterocycles. The van der Waals surface area contributed by atoms with Crippen LogP contribution in [0.15, 0.2) is 30.0 Å². The summed E-state index contributed by atoms with van der Waals surface area (Å²) in [6.07, 6.45) is 2.53. The molecule has 1 aromatic carbocycles. The Hall–Kier alpha value is -3.21. The molecule has 1 amide bonds. The lowest BCUT2D eigenvalue weighted by molar-refractivity contribution is -0.150. The number of nitrogens with zero attached hydrogens (tertiary/aromatic N) is 2. The second-order valence-electron chi connectivity index (χ2n) is 6.56. The maximum Gasteiger partial charge on any atom is 0.309 e. The molecule has 8 heteroatoms. The van der Waals surface area contributed by atoms with Gasteiger partial charge in [0.25, 0.3) is 5.91 Å². The van der Waals surface area contributed by atoms with Crippen LogP contribution in [0.2, 0.25) is 0 Å². The van der Waals surface area contributed by atoms with Crippen molar-refractivity contribution in [1.29, 1.82) is 5.26 Å². The van der Waals surface area contributed by atoms with Crippen molar-refractivity contribution in [2.45, 2.75) is 26.3 Å². The normalized spacial score (nSPS) is 16.4. The zero-order chi connectivity index (χ0) is 19.9. The molecule has 0 spiro atoms. The molecule has 0 saturated carbocycles. The first-order chi connectivity index (χ1) is 13.6. The molecular weight excluding hydrogens is 362 g/mol. The van der Waals surface area contributed by atoms with E-state index in [0.29, 0.717) is 50.6 Å². The number of esters is 1. The number of hydrogen-bond donors (Lipinski definition) is 1. The van der Waals surface area contributed by atoms with Gasteiger partial charge in [0.15, 0.2) is 11.5 Å². The highest BCUT2D eigenvalue weighted by molar-refractivity contribution is 5.97. The van der Waals surface area contributed by atoms with E-state index in [0.717, 1.165) is 5.56 Å². The van der Waals surface area contributed by atoms with Crippen molar-refractivity contribution >= 4 is 11.9 Å². The number of likely N-dealkylation sites (tertiary alicyclic amines) is 1. The van der Waals surface area contributed by atoms with Gasteiger partial charge in [0.1, 0.15) is 11.6 Å². The molecule has 1 fully saturated rings. The summed E-state index contributed by atoms with van der Waals surface area (Å²) in [5.74, 6) is 0.671. The first-order valence-corrected chi connectivity index (χ1v) is 9.30. The Morgan fingerprint density at radius 1 is 1.32 bits per heavy atom. The molecule has 1 N–H and O–H groups in total. The second kappa shape index (κ2) is 9.13. The van der Waals surface area contributed by atoms with Crippen molar-refractivity contribution in [3.63, 3.8) is 0 Å². The molecule has 148 valence electrons. The summed E-state index contributed by atoms with van der Waals surface area (Å²) in [6.45, 7) is 3.66. The monoisotopic (exact) mass is 385 g/mol. The number of ether oxygens (including phenoxy) is 3. The van der Waals surface area contributed by atoms with Crippen molar-refractivity contribution in [2.75, 3.05) is 26.5 Å². The summed E-state index contributed by atoms with van der Waals surface area (Å²) in [5.41, 5.74) is 0.982. The molecule has 0 bridgehead atoms. The van der Waals surface area contributed by atoms with E-state index in [1.807, 2.05) is 24.3 Å². The fourth-order valence-corrected chi connectivity index (χ4v) is 3.21. The van der Waals surface area contributed by atoms with E-state index in [4.69, 9.17) is 14.2 Å². The van der Waals surface area contributed by atoms with Gasteiger partial charge in [-0.15, -0.1) is 0 Å². The van der Waals surface area contributed by atoms with Gasteiger partial charge in [0.05, 0.1) is 12.5 Å². The number of nitriles is 1. The van der Waals surface area contributed by atoms with E-state index in [2.05, 4.69) is 5.32 Å². The molecule has 0 aliphatic carbocycles. The highest BCUT2D eigenvalue weighted by Gasteiger charge is 2.29. The minimum atomic E-state index is -0.331. The number of fused-ring (bicyclic) bond motifs is 1. The highest BCUT2D eigenvalue weighted by Crippen LogP contribution is 2.32. The summed E-state index contributed by atoms with van der Waals surface area (Å²) in [4.78, 5) is 26.0. The van der Waals surface area contributed by atoms with E-state index in [1.54, 1.807) is 11.8 Å². The average molecular weight is 385 g/mol. The first-order valence-electron chi connectivity index (χ1n) is 9.30. The molecule has 8 nitrogen and oxygen atoms in total. The molecular formula is C20H23N3O5. The molecule has 2 aliphatic rings. The minimum Gasteiger partial charge on any atom is -0.466 e. The van der Waals surface area contributed by atoms with Crippen molar-refractivity contribution in [3.05, 3.63) is 35.5 Å². The number of rotatable bonds is 6. The fourth-order valence-electron chi connectivity index (χ4n) is 3.21. The van der Waals surface area contributed by atoms with Gasteiger partial charge >= 0.3 is 5.97 Å². The topological polar surface area (TPSA) is 101 Å². The van der Waals surface area contributed by atoms with Crippen molar-refractivity contribution in [1.82, 2.24) is 10.2 Å². The third kappa shape index (κ3) is 4.55. The second-order valence-corrected chi connectivity index (χ2v) is 6.56. The molecule has 28 heavy (non-hydrogen) atoms. The third-order valence-corrected chi connectivity index (χ3v) is 4.74. The Morgan fingerprint density at radius 2 is 2.07 bits per heavy atom. The predicted octanol–water partition coefficient (Wildman–Crippen LogP) is 1.71. The van der Waals surface area contributed by atoms with Gasteiger partial charge in [-0.3, -0.25) is 9.59 Å². The van der Waals surface area contributed by atoms with E-state index in [-0.39, 0.29) is 30.2 Å². The lowest BCUT2D eigenvalue weighted by Crippen LogP contribution is -2.41. The molecule has 2 aliphatic heterocycles. The van der Waals surface area contributed by atoms with Crippen LogP contribution in [0.25, 0.3) is 0 Å². The van der Waals surface area contributed by atoms with Gasteiger partial charge in [0, 0.05) is 25.8 Å². The Labute approximate surface area is 163 Å². The Kier molecular flexibility index (Phi) is 6.37. The molecule has 1 aromatic rings. The van der Waals surface area contributed by atoms with Gasteiger partial charge < -0.3 is 24.4 Å². The van der Waals surface area contributed by atoms with Crippen LogP contribution in [-0.2, 0) is 20.9 Å². The molecule has 0 unspecified atom stereocenters. The van der Waals surface area contributed by atoms with Crippen LogP contribution in [0.1, 0.15) is 25.3 Å². The SMILES string of the molecule is CCOC(=O)C1CCN(C(=O)/C(C#N)=C\NCc2ccc3c(c2)OCO3)CC1. The van der Waals surface area contributed by atoms with Crippen LogP contribution >= 0.6 is 0 Å². The largest absolute Gasteiger partial charge is 0.466 e. The molecule has 3 rings (SSSR count). The third-order valence-electron chi connectivity index (χ3n) is 4.74. The molecule has 0 radical (unpaired) electrons. The molecule has 0 atom stereocenters.